The summed E-state index contributed by atoms with van der Waals surface area (Å²) in [5.74, 6) is -0.218. The molecule has 0 saturated carbocycles. The summed E-state index contributed by atoms with van der Waals surface area (Å²) in [5, 5.41) is 2.29. The van der Waals surface area contributed by atoms with Gasteiger partial charge >= 0.3 is 5.97 Å². The van der Waals surface area contributed by atoms with Crippen molar-refractivity contribution >= 4 is 16.7 Å². The van der Waals surface area contributed by atoms with Gasteiger partial charge in [0, 0.05) is 11.1 Å². The monoisotopic (exact) mass is 278 g/mol. The molecule has 0 saturated heterocycles. The Morgan fingerprint density at radius 2 is 1.90 bits per heavy atom. The molecule has 1 aliphatic rings. The molecule has 21 heavy (non-hydrogen) atoms. The number of fused-ring (bicyclic) bond motifs is 1. The molecule has 0 aliphatic carbocycles. The standard InChI is InChI=1S/C19H18O2/c1-12(2)11-17-13(3)19(20)21-18(17)16-10-6-8-14-7-4-5-9-15(14)16/h4-10,18H,1,11H2,2-3H3. The van der Waals surface area contributed by atoms with Crippen LogP contribution < -0.4 is 0 Å². The van der Waals surface area contributed by atoms with Crippen LogP contribution in [0.2, 0.25) is 0 Å². The van der Waals surface area contributed by atoms with E-state index in [0.717, 1.165) is 33.1 Å². The van der Waals surface area contributed by atoms with E-state index in [2.05, 4.69) is 24.8 Å². The molecule has 2 heteroatoms. The number of esters is 1. The van der Waals surface area contributed by atoms with Crippen LogP contribution in [0.5, 0.6) is 0 Å². The molecule has 3 rings (SSSR count). The van der Waals surface area contributed by atoms with Crippen molar-refractivity contribution in [1.82, 2.24) is 0 Å². The van der Waals surface area contributed by atoms with Crippen LogP contribution in [0.4, 0.5) is 0 Å². The highest BCUT2D eigenvalue weighted by Gasteiger charge is 2.33. The first-order valence-corrected chi connectivity index (χ1v) is 7.10. The summed E-state index contributed by atoms with van der Waals surface area (Å²) in [6, 6.07) is 14.3. The van der Waals surface area contributed by atoms with E-state index in [0.29, 0.717) is 6.42 Å². The smallest absolute Gasteiger partial charge is 0.334 e. The highest BCUT2D eigenvalue weighted by molar-refractivity contribution is 5.94. The van der Waals surface area contributed by atoms with Crippen LogP contribution in [-0.4, -0.2) is 5.97 Å². The Balaban J connectivity index is 2.14. The predicted molar refractivity (Wildman–Crippen MR) is 84.9 cm³/mol. The van der Waals surface area contributed by atoms with Crippen molar-refractivity contribution in [2.24, 2.45) is 0 Å². The number of carbonyl (C=O) groups excluding carboxylic acids is 1. The Labute approximate surface area is 124 Å². The molecule has 106 valence electrons. The second-order valence-electron chi connectivity index (χ2n) is 5.64. The number of allylic oxidation sites excluding steroid dienone is 1. The molecule has 1 atom stereocenters. The third kappa shape index (κ3) is 2.38. The number of carbonyl (C=O) groups is 1. The third-order valence-corrected chi connectivity index (χ3v) is 3.93. The molecule has 0 bridgehead atoms. The summed E-state index contributed by atoms with van der Waals surface area (Å²) in [7, 11) is 0. The average molecular weight is 278 g/mol. The molecule has 1 unspecified atom stereocenters. The van der Waals surface area contributed by atoms with E-state index in [1.807, 2.05) is 38.1 Å². The first kappa shape index (κ1) is 13.6. The second-order valence-corrected chi connectivity index (χ2v) is 5.64. The lowest BCUT2D eigenvalue weighted by molar-refractivity contribution is -0.139. The van der Waals surface area contributed by atoms with Crippen LogP contribution in [-0.2, 0) is 9.53 Å². The maximum Gasteiger partial charge on any atom is 0.334 e. The third-order valence-electron chi connectivity index (χ3n) is 3.93. The lowest BCUT2D eigenvalue weighted by Gasteiger charge is -2.17. The topological polar surface area (TPSA) is 26.3 Å². The van der Waals surface area contributed by atoms with Crippen molar-refractivity contribution in [2.75, 3.05) is 0 Å². The highest BCUT2D eigenvalue weighted by atomic mass is 16.5. The average Bonchev–Trinajstić information content (AvgIpc) is 2.74. The number of benzene rings is 2. The number of hydrogen-bond donors (Lipinski definition) is 0. The molecule has 0 amide bonds. The molecule has 2 nitrogen and oxygen atoms in total. The molecule has 2 aromatic carbocycles. The predicted octanol–water partition coefficient (Wildman–Crippen LogP) is 4.72. The Kier molecular flexibility index (Phi) is 3.38. The van der Waals surface area contributed by atoms with Crippen molar-refractivity contribution < 1.29 is 9.53 Å². The van der Waals surface area contributed by atoms with Gasteiger partial charge in [-0.2, -0.15) is 0 Å². The van der Waals surface area contributed by atoms with E-state index in [1.54, 1.807) is 0 Å². The van der Waals surface area contributed by atoms with Crippen LogP contribution in [0.3, 0.4) is 0 Å². The quantitative estimate of drug-likeness (QED) is 0.600. The zero-order chi connectivity index (χ0) is 15.0. The zero-order valence-corrected chi connectivity index (χ0v) is 12.3. The Hall–Kier alpha value is -2.35. The maximum absolute atomic E-state index is 12.0. The van der Waals surface area contributed by atoms with E-state index in [-0.39, 0.29) is 12.1 Å². The lowest BCUT2D eigenvalue weighted by Crippen LogP contribution is -2.04. The van der Waals surface area contributed by atoms with Crippen molar-refractivity contribution in [1.29, 1.82) is 0 Å². The van der Waals surface area contributed by atoms with Gasteiger partial charge in [0.15, 0.2) is 6.10 Å². The molecule has 0 spiro atoms. The normalized spacial score (nSPS) is 18.2. The van der Waals surface area contributed by atoms with Gasteiger partial charge in [-0.3, -0.25) is 0 Å². The van der Waals surface area contributed by atoms with Gasteiger partial charge in [0.1, 0.15) is 0 Å². The minimum absolute atomic E-state index is 0.218. The second kappa shape index (κ2) is 5.21. The first-order valence-electron chi connectivity index (χ1n) is 7.10. The van der Waals surface area contributed by atoms with Gasteiger partial charge in [0.2, 0.25) is 0 Å². The summed E-state index contributed by atoms with van der Waals surface area (Å²) >= 11 is 0. The van der Waals surface area contributed by atoms with E-state index in [4.69, 9.17) is 4.74 Å². The van der Waals surface area contributed by atoms with E-state index >= 15 is 0 Å². The Bertz CT molecular complexity index is 763. The fourth-order valence-corrected chi connectivity index (χ4v) is 2.87. The van der Waals surface area contributed by atoms with Gasteiger partial charge in [-0.25, -0.2) is 4.79 Å². The van der Waals surface area contributed by atoms with Crippen LogP contribution in [0.15, 0.2) is 65.8 Å². The Morgan fingerprint density at radius 3 is 2.67 bits per heavy atom. The van der Waals surface area contributed by atoms with Crippen LogP contribution in [0, 0.1) is 0 Å². The van der Waals surface area contributed by atoms with Crippen LogP contribution in [0.1, 0.15) is 31.9 Å². The van der Waals surface area contributed by atoms with Gasteiger partial charge in [-0.15, -0.1) is 0 Å². The van der Waals surface area contributed by atoms with Crippen molar-refractivity contribution in [3.05, 3.63) is 71.3 Å². The van der Waals surface area contributed by atoms with Gasteiger partial charge in [0.25, 0.3) is 0 Å². The fraction of sp³-hybridized carbons (Fsp3) is 0.211. The van der Waals surface area contributed by atoms with Gasteiger partial charge in [0.05, 0.1) is 0 Å². The molecular formula is C19H18O2. The van der Waals surface area contributed by atoms with Crippen LogP contribution >= 0.6 is 0 Å². The molecule has 1 aliphatic heterocycles. The number of hydrogen-bond acceptors (Lipinski definition) is 2. The summed E-state index contributed by atoms with van der Waals surface area (Å²) in [6.07, 6.45) is 0.408. The van der Waals surface area contributed by atoms with Crippen molar-refractivity contribution in [3.8, 4) is 0 Å². The Morgan fingerprint density at radius 1 is 1.19 bits per heavy atom. The molecule has 0 radical (unpaired) electrons. The van der Waals surface area contributed by atoms with Gasteiger partial charge in [-0.1, -0.05) is 54.6 Å². The minimum Gasteiger partial charge on any atom is -0.449 e. The SMILES string of the molecule is C=C(C)CC1=C(C)C(=O)OC1c1cccc2ccccc12. The minimum atomic E-state index is -0.291. The number of cyclic esters (lactones) is 1. The molecule has 0 fully saturated rings. The van der Waals surface area contributed by atoms with Crippen LogP contribution in [0.25, 0.3) is 10.8 Å². The largest absolute Gasteiger partial charge is 0.449 e. The van der Waals surface area contributed by atoms with Crippen molar-refractivity contribution in [3.63, 3.8) is 0 Å². The summed E-state index contributed by atoms with van der Waals surface area (Å²) < 4.78 is 5.63. The summed E-state index contributed by atoms with van der Waals surface area (Å²) in [4.78, 5) is 12.0. The van der Waals surface area contributed by atoms with Crippen molar-refractivity contribution in [2.45, 2.75) is 26.4 Å². The van der Waals surface area contributed by atoms with E-state index < -0.39 is 0 Å². The maximum atomic E-state index is 12.0. The highest BCUT2D eigenvalue weighted by Crippen LogP contribution is 2.40. The van der Waals surface area contributed by atoms with E-state index in [1.165, 1.54) is 0 Å². The van der Waals surface area contributed by atoms with Gasteiger partial charge < -0.3 is 4.74 Å². The van der Waals surface area contributed by atoms with E-state index in [9.17, 15) is 4.79 Å². The molecule has 0 aromatic heterocycles. The fourth-order valence-electron chi connectivity index (χ4n) is 2.87. The lowest BCUT2D eigenvalue weighted by atomic mass is 9.91. The molecular weight excluding hydrogens is 260 g/mol. The first-order chi connectivity index (χ1) is 10.1. The summed E-state index contributed by atoms with van der Waals surface area (Å²) in [6.45, 7) is 7.78. The molecule has 2 aromatic rings. The molecule has 0 N–H and O–H groups in total. The number of ether oxygens (including phenoxy) is 1. The van der Waals surface area contributed by atoms with Gasteiger partial charge in [-0.05, 0) is 36.6 Å². The molecule has 1 heterocycles. The number of rotatable bonds is 3. The zero-order valence-electron chi connectivity index (χ0n) is 12.3. The summed E-state index contributed by atoms with van der Waals surface area (Å²) in [5.41, 5.74) is 3.84.